The summed E-state index contributed by atoms with van der Waals surface area (Å²) in [6, 6.07) is -0.00865. The molecule has 0 radical (unpaired) electrons. The van der Waals surface area contributed by atoms with E-state index in [1.807, 2.05) is 12.4 Å². The van der Waals surface area contributed by atoms with E-state index < -0.39 is 0 Å². The Morgan fingerprint density at radius 3 is 3.05 bits per heavy atom. The summed E-state index contributed by atoms with van der Waals surface area (Å²) in [5.74, 6) is 0.160. The van der Waals surface area contributed by atoms with E-state index in [9.17, 15) is 4.79 Å². The van der Waals surface area contributed by atoms with Crippen LogP contribution in [0.5, 0.6) is 0 Å². The maximum Gasteiger partial charge on any atom is 0.237 e. The number of carbonyl (C=O) groups excluding carboxylic acids is 1. The summed E-state index contributed by atoms with van der Waals surface area (Å²) in [5, 5.41) is 9.90. The summed E-state index contributed by atoms with van der Waals surface area (Å²) in [5.41, 5.74) is 3.30. The lowest BCUT2D eigenvalue weighted by molar-refractivity contribution is -0.122. The normalized spacial score (nSPS) is 24.3. The third kappa shape index (κ3) is 3.44. The summed E-state index contributed by atoms with van der Waals surface area (Å²) in [7, 11) is 0. The Labute approximate surface area is 129 Å². The van der Waals surface area contributed by atoms with Crippen LogP contribution in [0, 0.1) is 12.3 Å². The van der Waals surface area contributed by atoms with Crippen LogP contribution >= 0.6 is 11.3 Å². The van der Waals surface area contributed by atoms with Crippen LogP contribution in [0.4, 0.5) is 0 Å². The molecule has 116 valence electrons. The molecule has 2 aliphatic rings. The lowest BCUT2D eigenvalue weighted by atomic mass is 9.77. The van der Waals surface area contributed by atoms with E-state index in [-0.39, 0.29) is 11.9 Å². The highest BCUT2D eigenvalue weighted by Gasteiger charge is 2.41. The zero-order valence-electron chi connectivity index (χ0n) is 12.6. The van der Waals surface area contributed by atoms with Gasteiger partial charge in [-0.3, -0.25) is 4.79 Å². The minimum Gasteiger partial charge on any atom is -0.354 e. The molecular weight excluding hydrogens is 284 g/mol. The van der Waals surface area contributed by atoms with Gasteiger partial charge in [0.2, 0.25) is 5.91 Å². The molecule has 0 bridgehead atoms. The van der Waals surface area contributed by atoms with Crippen LogP contribution in [0.25, 0.3) is 0 Å². The maximum absolute atomic E-state index is 12.3. The number of aryl methyl sites for hydroxylation is 1. The fourth-order valence-electron chi connectivity index (χ4n) is 3.43. The standard InChI is InChI=1S/C15H24N4OS/c1-11-13(21-10-19-11)2-5-17-14(20)12-8-15(9-18-12)3-6-16-7-4-15/h10,12,16,18H,2-9H2,1H3,(H,17,20). The first-order valence-corrected chi connectivity index (χ1v) is 8.67. The molecule has 3 rings (SSSR count). The molecule has 1 amide bonds. The van der Waals surface area contributed by atoms with Gasteiger partial charge in [-0.15, -0.1) is 11.3 Å². The number of hydrogen-bond acceptors (Lipinski definition) is 5. The van der Waals surface area contributed by atoms with Crippen molar-refractivity contribution < 1.29 is 4.79 Å². The molecule has 1 atom stereocenters. The van der Waals surface area contributed by atoms with Crippen LogP contribution in [0.3, 0.4) is 0 Å². The molecule has 6 heteroatoms. The van der Waals surface area contributed by atoms with E-state index >= 15 is 0 Å². The molecule has 3 heterocycles. The molecule has 1 aromatic rings. The van der Waals surface area contributed by atoms with Gasteiger partial charge in [0.15, 0.2) is 0 Å². The van der Waals surface area contributed by atoms with Crippen molar-refractivity contribution in [2.24, 2.45) is 5.41 Å². The van der Waals surface area contributed by atoms with Crippen molar-refractivity contribution in [2.45, 2.75) is 38.6 Å². The van der Waals surface area contributed by atoms with Gasteiger partial charge in [-0.1, -0.05) is 0 Å². The Kier molecular flexibility index (Phi) is 4.57. The number of nitrogens with one attached hydrogen (secondary N) is 3. The first kappa shape index (κ1) is 14.9. The second-order valence-electron chi connectivity index (χ2n) is 6.29. The molecule has 0 aromatic carbocycles. The van der Waals surface area contributed by atoms with Gasteiger partial charge >= 0.3 is 0 Å². The van der Waals surface area contributed by atoms with Crippen molar-refractivity contribution in [1.29, 1.82) is 0 Å². The Hall–Kier alpha value is -0.980. The van der Waals surface area contributed by atoms with Gasteiger partial charge < -0.3 is 16.0 Å². The smallest absolute Gasteiger partial charge is 0.237 e. The molecule has 0 aliphatic carbocycles. The van der Waals surface area contributed by atoms with Gasteiger partial charge in [0.1, 0.15) is 0 Å². The predicted molar refractivity (Wildman–Crippen MR) is 84.5 cm³/mol. The van der Waals surface area contributed by atoms with Crippen molar-refractivity contribution in [2.75, 3.05) is 26.2 Å². The van der Waals surface area contributed by atoms with Crippen LogP contribution in [-0.4, -0.2) is 43.1 Å². The summed E-state index contributed by atoms with van der Waals surface area (Å²) in [6.07, 6.45) is 4.23. The monoisotopic (exact) mass is 308 g/mol. The van der Waals surface area contributed by atoms with Gasteiger partial charge in [-0.05, 0) is 44.7 Å². The number of piperidine rings is 1. The summed E-state index contributed by atoms with van der Waals surface area (Å²) >= 11 is 1.67. The largest absolute Gasteiger partial charge is 0.354 e. The highest BCUT2D eigenvalue weighted by molar-refractivity contribution is 7.09. The fourth-order valence-corrected chi connectivity index (χ4v) is 4.21. The van der Waals surface area contributed by atoms with Crippen LogP contribution < -0.4 is 16.0 Å². The quantitative estimate of drug-likeness (QED) is 0.771. The summed E-state index contributed by atoms with van der Waals surface area (Å²) < 4.78 is 0. The predicted octanol–water partition coefficient (Wildman–Crippen LogP) is 0.842. The Morgan fingerprint density at radius 1 is 1.52 bits per heavy atom. The van der Waals surface area contributed by atoms with Gasteiger partial charge in [0, 0.05) is 24.4 Å². The molecule has 1 unspecified atom stereocenters. The lowest BCUT2D eigenvalue weighted by Gasteiger charge is -2.33. The first-order valence-electron chi connectivity index (χ1n) is 7.79. The number of thiazole rings is 1. The van der Waals surface area contributed by atoms with E-state index in [0.29, 0.717) is 12.0 Å². The lowest BCUT2D eigenvalue weighted by Crippen LogP contribution is -2.41. The highest BCUT2D eigenvalue weighted by atomic mass is 32.1. The Bertz CT molecular complexity index is 496. The average Bonchev–Trinajstić information content (AvgIpc) is 3.07. The fraction of sp³-hybridized carbons (Fsp3) is 0.733. The zero-order valence-corrected chi connectivity index (χ0v) is 13.4. The van der Waals surface area contributed by atoms with Gasteiger partial charge in [-0.2, -0.15) is 0 Å². The van der Waals surface area contributed by atoms with E-state index in [1.54, 1.807) is 11.3 Å². The Balaban J connectivity index is 1.45. The van der Waals surface area contributed by atoms with E-state index in [1.165, 1.54) is 17.7 Å². The van der Waals surface area contributed by atoms with E-state index in [4.69, 9.17) is 0 Å². The summed E-state index contributed by atoms with van der Waals surface area (Å²) in [4.78, 5) is 17.8. The van der Waals surface area contributed by atoms with Crippen LogP contribution in [0.1, 0.15) is 29.8 Å². The van der Waals surface area contributed by atoms with Crippen LogP contribution in [0.2, 0.25) is 0 Å². The van der Waals surface area contributed by atoms with Gasteiger partial charge in [0.25, 0.3) is 0 Å². The number of nitrogens with zero attached hydrogens (tertiary/aromatic N) is 1. The number of aromatic nitrogens is 1. The number of amides is 1. The molecule has 2 aliphatic heterocycles. The van der Waals surface area contributed by atoms with Gasteiger partial charge in [0.05, 0.1) is 17.2 Å². The molecule has 1 aromatic heterocycles. The van der Waals surface area contributed by atoms with E-state index in [0.717, 1.165) is 38.2 Å². The highest BCUT2D eigenvalue weighted by Crippen LogP contribution is 2.37. The molecule has 1 spiro atoms. The molecule has 3 N–H and O–H groups in total. The molecule has 2 saturated heterocycles. The van der Waals surface area contributed by atoms with Crippen LogP contribution in [0.15, 0.2) is 5.51 Å². The molecule has 2 fully saturated rings. The molecular formula is C15H24N4OS. The molecule has 21 heavy (non-hydrogen) atoms. The van der Waals surface area contributed by atoms with Gasteiger partial charge in [-0.25, -0.2) is 4.98 Å². The second-order valence-corrected chi connectivity index (χ2v) is 7.23. The number of hydrogen-bond donors (Lipinski definition) is 3. The number of carbonyl (C=O) groups is 1. The minimum atomic E-state index is -0.00865. The third-order valence-electron chi connectivity index (χ3n) is 4.84. The van der Waals surface area contributed by atoms with Crippen molar-refractivity contribution >= 4 is 17.2 Å². The minimum absolute atomic E-state index is 0.00865. The van der Waals surface area contributed by atoms with Crippen molar-refractivity contribution in [3.05, 3.63) is 16.1 Å². The first-order chi connectivity index (χ1) is 10.2. The van der Waals surface area contributed by atoms with Crippen molar-refractivity contribution in [3.8, 4) is 0 Å². The van der Waals surface area contributed by atoms with Crippen molar-refractivity contribution in [1.82, 2.24) is 20.9 Å². The summed E-state index contributed by atoms with van der Waals surface area (Å²) in [6.45, 7) is 5.88. The SMILES string of the molecule is Cc1ncsc1CCNC(=O)C1CC2(CCNCC2)CN1. The Morgan fingerprint density at radius 2 is 2.33 bits per heavy atom. The molecule has 5 nitrogen and oxygen atoms in total. The zero-order chi connectivity index (χ0) is 14.7. The maximum atomic E-state index is 12.3. The average molecular weight is 308 g/mol. The third-order valence-corrected chi connectivity index (χ3v) is 5.83. The van der Waals surface area contributed by atoms with Crippen molar-refractivity contribution in [3.63, 3.8) is 0 Å². The molecule has 0 saturated carbocycles. The number of rotatable bonds is 4. The van der Waals surface area contributed by atoms with Crippen LogP contribution in [-0.2, 0) is 11.2 Å². The topological polar surface area (TPSA) is 66.0 Å². The van der Waals surface area contributed by atoms with E-state index in [2.05, 4.69) is 20.9 Å². The second kappa shape index (κ2) is 6.42.